The summed E-state index contributed by atoms with van der Waals surface area (Å²) < 4.78 is 7.98. The lowest BCUT2D eigenvalue weighted by molar-refractivity contribution is -0.143. The second-order valence-corrected chi connectivity index (χ2v) is 16.4. The van der Waals surface area contributed by atoms with E-state index in [1.807, 2.05) is 41.8 Å². The molecule has 308 valence electrons. The number of hydroxylamine groups is 2. The minimum Gasteiger partial charge on any atom is -0.363 e. The third kappa shape index (κ3) is 15.9. The van der Waals surface area contributed by atoms with Gasteiger partial charge >= 0.3 is 6.03 Å². The predicted molar refractivity (Wildman–Crippen MR) is 218 cm³/mol. The van der Waals surface area contributed by atoms with Crippen molar-refractivity contribution < 1.29 is 28.3 Å². The number of amides is 5. The van der Waals surface area contributed by atoms with Crippen molar-refractivity contribution in [3.63, 3.8) is 0 Å². The summed E-state index contributed by atoms with van der Waals surface area (Å²) in [6.45, 7) is 15.0. The number of hydrogen-bond acceptors (Lipinski definition) is 9. The summed E-state index contributed by atoms with van der Waals surface area (Å²) in [5, 5.41) is 10.6. The molecule has 0 radical (unpaired) electrons. The van der Waals surface area contributed by atoms with Crippen LogP contribution in [0.4, 0.5) is 4.79 Å². The van der Waals surface area contributed by atoms with Crippen LogP contribution >= 0.6 is 25.7 Å². The van der Waals surface area contributed by atoms with Gasteiger partial charge in [-0.05, 0) is 75.7 Å². The van der Waals surface area contributed by atoms with Crippen molar-refractivity contribution >= 4 is 55.3 Å². The zero-order valence-electron chi connectivity index (χ0n) is 34.1. The van der Waals surface area contributed by atoms with E-state index >= 15 is 0 Å². The average molecular weight is 788 g/mol. The summed E-state index contributed by atoms with van der Waals surface area (Å²) in [5.74, 6) is -2.19. The van der Waals surface area contributed by atoms with E-state index in [1.165, 1.54) is 25.1 Å². The Hall–Kier alpha value is -2.07. The molecule has 5 amide bonds. The minimum absolute atomic E-state index is 0. The van der Waals surface area contributed by atoms with Crippen molar-refractivity contribution in [2.45, 2.75) is 169 Å². The Morgan fingerprint density at radius 3 is 2.00 bits per heavy atom. The number of likely N-dealkylation sites (tertiary alicyclic amines) is 1. The third-order valence-electron chi connectivity index (χ3n) is 10.6. The van der Waals surface area contributed by atoms with Crippen molar-refractivity contribution in [1.29, 1.82) is 0 Å². The number of primary amides is 1. The van der Waals surface area contributed by atoms with Crippen LogP contribution in [0, 0.1) is 17.3 Å². The molecule has 4 unspecified atom stereocenters. The largest absolute Gasteiger partial charge is 0.363 e. The number of rotatable bonds is 17. The van der Waals surface area contributed by atoms with E-state index in [2.05, 4.69) is 41.0 Å². The van der Waals surface area contributed by atoms with Crippen molar-refractivity contribution in [3.8, 4) is 0 Å². The molecule has 13 nitrogen and oxygen atoms in total. The molecule has 3 aliphatic carbocycles. The summed E-state index contributed by atoms with van der Waals surface area (Å²) in [6.07, 6.45) is 12.4. The number of Topliss-reactive ketones (excluding diaryl/α,β-unsaturated/α-hetero) is 1. The highest BCUT2D eigenvalue weighted by Gasteiger charge is 2.42. The van der Waals surface area contributed by atoms with Gasteiger partial charge in [0.1, 0.15) is 24.3 Å². The number of likely N-dealkylation sites (N-methyl/N-ethyl adjacent to an activating group) is 1. The van der Waals surface area contributed by atoms with Gasteiger partial charge in [0.05, 0.1) is 12.1 Å². The maximum atomic E-state index is 14.3. The first-order valence-corrected chi connectivity index (χ1v) is 20.7. The zero-order chi connectivity index (χ0) is 39.0. The molecule has 4 rings (SSSR count). The monoisotopic (exact) mass is 788 g/mol. The van der Waals surface area contributed by atoms with Crippen LogP contribution < -0.4 is 21.7 Å². The lowest BCUT2D eigenvalue weighted by Crippen LogP contribution is -2.60. The van der Waals surface area contributed by atoms with Crippen LogP contribution in [0.15, 0.2) is 0 Å². The lowest BCUT2D eigenvalue weighted by atomic mass is 9.81. The van der Waals surface area contributed by atoms with Gasteiger partial charge in [0.15, 0.2) is 0 Å². The van der Waals surface area contributed by atoms with Crippen LogP contribution in [0.3, 0.4) is 0 Å². The van der Waals surface area contributed by atoms with E-state index in [-0.39, 0.29) is 36.8 Å². The third-order valence-corrected chi connectivity index (χ3v) is 11.5. The standard InChI is InChI=1S/C34H59N7O6S.2C2H6.H2S/c1-34(2,3)27(21-39(4)47-48-40(5)24-17-18-24)37-33(46)38-28(23-13-7-6-8-14-23)32(45)41-20-10-15-26(41)31(44)36-25(29(42)30(35)43)19-16-22-11-9-12-22;2*1-2;/h22-28H,6-21H2,1-5H3,(H2,35,43)(H,36,44)(H2,37,38,46);2*1-2H3;1H2. The van der Waals surface area contributed by atoms with Crippen molar-refractivity contribution in [2.75, 3.05) is 27.2 Å². The van der Waals surface area contributed by atoms with Crippen LogP contribution in [-0.2, 0) is 23.5 Å². The topological polar surface area (TPSA) is 166 Å². The number of carbonyl (C=O) groups is 5. The van der Waals surface area contributed by atoms with Crippen LogP contribution in [0.1, 0.15) is 138 Å². The molecule has 53 heavy (non-hydrogen) atoms. The highest BCUT2D eigenvalue weighted by atomic mass is 32.2. The maximum Gasteiger partial charge on any atom is 0.315 e. The van der Waals surface area contributed by atoms with Gasteiger partial charge in [-0.25, -0.2) is 13.4 Å². The Bertz CT molecular complexity index is 1140. The molecule has 0 aromatic rings. The average Bonchev–Trinajstić information content (AvgIpc) is 3.85. The Morgan fingerprint density at radius 2 is 1.47 bits per heavy atom. The first-order valence-electron chi connectivity index (χ1n) is 20.0. The van der Waals surface area contributed by atoms with E-state index in [1.54, 1.807) is 9.96 Å². The van der Waals surface area contributed by atoms with Gasteiger partial charge in [-0.2, -0.15) is 18.6 Å². The van der Waals surface area contributed by atoms with Gasteiger partial charge in [0.25, 0.3) is 5.91 Å². The summed E-state index contributed by atoms with van der Waals surface area (Å²) in [4.78, 5) is 67.5. The first kappa shape index (κ1) is 48.9. The molecule has 0 aromatic heterocycles. The molecular weight excluding hydrogens is 715 g/mol. The molecule has 0 aromatic carbocycles. The van der Waals surface area contributed by atoms with E-state index in [4.69, 9.17) is 10.0 Å². The fourth-order valence-corrected chi connectivity index (χ4v) is 7.61. The number of urea groups is 1. The fraction of sp³-hybridized carbons (Fsp3) is 0.868. The zero-order valence-corrected chi connectivity index (χ0v) is 35.9. The number of carbonyl (C=O) groups excluding carboxylic acids is 5. The van der Waals surface area contributed by atoms with Gasteiger partial charge < -0.3 is 26.6 Å². The molecule has 4 aliphatic rings. The van der Waals surface area contributed by atoms with E-state index in [0.717, 1.165) is 57.8 Å². The van der Waals surface area contributed by atoms with Crippen LogP contribution in [0.5, 0.6) is 0 Å². The van der Waals surface area contributed by atoms with Gasteiger partial charge in [-0.3, -0.25) is 19.2 Å². The number of nitrogens with zero attached hydrogens (tertiary/aromatic N) is 3. The molecule has 15 heteroatoms. The fourth-order valence-electron chi connectivity index (χ4n) is 7.00. The molecule has 1 aliphatic heterocycles. The Balaban J connectivity index is 0.00000271. The maximum absolute atomic E-state index is 14.3. The van der Waals surface area contributed by atoms with Crippen molar-refractivity contribution in [3.05, 3.63) is 0 Å². The number of ketones is 1. The van der Waals surface area contributed by atoms with E-state index in [0.29, 0.717) is 44.3 Å². The molecular formula is C38H73N7O6S2. The van der Waals surface area contributed by atoms with Gasteiger partial charge in [-0.1, -0.05) is 87.0 Å². The number of nitrogens with two attached hydrogens (primary N) is 1. The number of nitrogens with one attached hydrogen (secondary N) is 3. The lowest BCUT2D eigenvalue weighted by Gasteiger charge is -2.37. The van der Waals surface area contributed by atoms with E-state index in [9.17, 15) is 24.0 Å². The van der Waals surface area contributed by atoms with Gasteiger partial charge in [-0.15, -0.1) is 0 Å². The van der Waals surface area contributed by atoms with Gasteiger partial charge in [0, 0.05) is 26.2 Å². The highest BCUT2D eigenvalue weighted by Crippen LogP contribution is 2.33. The molecule has 0 spiro atoms. The molecule has 1 saturated heterocycles. The summed E-state index contributed by atoms with van der Waals surface area (Å²) in [6, 6.07) is -2.77. The van der Waals surface area contributed by atoms with Crippen molar-refractivity contribution in [2.24, 2.45) is 23.0 Å². The van der Waals surface area contributed by atoms with Crippen LogP contribution in [0.2, 0.25) is 0 Å². The van der Waals surface area contributed by atoms with Crippen molar-refractivity contribution in [1.82, 2.24) is 30.2 Å². The summed E-state index contributed by atoms with van der Waals surface area (Å²) in [5.41, 5.74) is 5.02. The van der Waals surface area contributed by atoms with Crippen LogP contribution in [0.25, 0.3) is 0 Å². The van der Waals surface area contributed by atoms with Gasteiger partial charge in [0.2, 0.25) is 17.6 Å². The molecule has 1 heterocycles. The molecule has 3 saturated carbocycles. The second kappa shape index (κ2) is 24.4. The molecule has 0 bridgehead atoms. The quantitative estimate of drug-likeness (QED) is 0.0650. The Kier molecular flexibility index (Phi) is 22.6. The highest BCUT2D eigenvalue weighted by molar-refractivity contribution is 7.92. The normalized spacial score (nSPS) is 20.7. The SMILES string of the molecule is CC.CC.CN(CC(NC(=O)NC(C(=O)N1CCCC1C(=O)NC(CCC1CCC1)C(=O)C(N)=O)C1CCCCC1)C(C)(C)C)OSN(C)C1CC1.S. The summed E-state index contributed by atoms with van der Waals surface area (Å²) in [7, 11) is 3.85. The van der Waals surface area contributed by atoms with E-state index < -0.39 is 41.8 Å². The number of hydrogen-bond donors (Lipinski definition) is 4. The minimum atomic E-state index is -1.07. The smallest absolute Gasteiger partial charge is 0.315 e. The Labute approximate surface area is 331 Å². The Morgan fingerprint density at radius 1 is 0.849 bits per heavy atom. The van der Waals surface area contributed by atoms with Crippen LogP contribution in [-0.4, -0.2) is 101 Å². The molecule has 5 N–H and O–H groups in total. The molecule has 4 fully saturated rings. The summed E-state index contributed by atoms with van der Waals surface area (Å²) >= 11 is 1.30. The predicted octanol–water partition coefficient (Wildman–Crippen LogP) is 5.45. The molecule has 4 atom stereocenters. The first-order chi connectivity index (χ1) is 24.7. The second-order valence-electron chi connectivity index (χ2n) is 15.5.